The highest BCUT2D eigenvalue weighted by Gasteiger charge is 2.00. The van der Waals surface area contributed by atoms with E-state index in [1.807, 2.05) is 19.1 Å². The minimum Gasteiger partial charge on any atom is -0.398 e. The summed E-state index contributed by atoms with van der Waals surface area (Å²) in [6.45, 7) is 5.82. The third-order valence-corrected chi connectivity index (χ3v) is 2.99. The van der Waals surface area contributed by atoms with Gasteiger partial charge in [-0.15, -0.1) is 11.8 Å². The zero-order valence-electron chi connectivity index (χ0n) is 7.51. The van der Waals surface area contributed by atoms with Crippen molar-refractivity contribution in [2.75, 3.05) is 11.5 Å². The maximum atomic E-state index is 5.84. The first-order valence-electron chi connectivity index (χ1n) is 3.92. The normalized spacial score (nSPS) is 10.0. The fourth-order valence-electron chi connectivity index (χ4n) is 0.834. The lowest BCUT2D eigenvalue weighted by molar-refractivity contribution is 1.40. The molecule has 1 aromatic rings. The zero-order chi connectivity index (χ0) is 9.84. The highest BCUT2D eigenvalue weighted by atomic mass is 35.5. The lowest BCUT2D eigenvalue weighted by Gasteiger charge is -2.05. The van der Waals surface area contributed by atoms with Crippen molar-refractivity contribution in [1.82, 2.24) is 0 Å². The molecule has 0 atom stereocenters. The number of thioether (sulfide) groups is 1. The van der Waals surface area contributed by atoms with E-state index in [4.69, 9.17) is 17.3 Å². The van der Waals surface area contributed by atoms with Gasteiger partial charge >= 0.3 is 0 Å². The molecule has 1 aromatic carbocycles. The van der Waals surface area contributed by atoms with Crippen LogP contribution in [-0.4, -0.2) is 5.75 Å². The molecule has 0 aliphatic carbocycles. The van der Waals surface area contributed by atoms with Crippen molar-refractivity contribution in [1.29, 1.82) is 0 Å². The number of benzene rings is 1. The molecule has 3 heteroatoms. The highest BCUT2D eigenvalue weighted by Crippen LogP contribution is 2.28. The molecule has 0 spiro atoms. The molecule has 0 bridgehead atoms. The molecule has 0 heterocycles. The summed E-state index contributed by atoms with van der Waals surface area (Å²) >= 11 is 7.50. The van der Waals surface area contributed by atoms with E-state index in [1.54, 1.807) is 17.8 Å². The Morgan fingerprint density at radius 1 is 1.62 bits per heavy atom. The first-order chi connectivity index (χ1) is 6.09. The van der Waals surface area contributed by atoms with Crippen molar-refractivity contribution in [2.45, 2.75) is 11.8 Å². The SMILES string of the molecule is C=C(C)CSc1cc(Cl)ccc1N. The Bertz CT molecular complexity index is 323. The predicted octanol–water partition coefficient (Wildman–Crippen LogP) is 3.59. The van der Waals surface area contributed by atoms with Crippen LogP contribution in [0.15, 0.2) is 35.2 Å². The highest BCUT2D eigenvalue weighted by molar-refractivity contribution is 7.99. The molecule has 70 valence electrons. The van der Waals surface area contributed by atoms with Crippen LogP contribution in [-0.2, 0) is 0 Å². The molecule has 0 aliphatic rings. The Kier molecular flexibility index (Phi) is 3.70. The van der Waals surface area contributed by atoms with Crippen molar-refractivity contribution in [2.24, 2.45) is 0 Å². The van der Waals surface area contributed by atoms with Gasteiger partial charge in [-0.3, -0.25) is 0 Å². The van der Waals surface area contributed by atoms with Gasteiger partial charge in [0.15, 0.2) is 0 Å². The molecule has 1 nitrogen and oxygen atoms in total. The second-order valence-corrected chi connectivity index (χ2v) is 4.38. The van der Waals surface area contributed by atoms with E-state index in [2.05, 4.69) is 6.58 Å². The fourth-order valence-corrected chi connectivity index (χ4v) is 1.92. The maximum Gasteiger partial charge on any atom is 0.0453 e. The van der Waals surface area contributed by atoms with Crippen molar-refractivity contribution in [3.8, 4) is 0 Å². The van der Waals surface area contributed by atoms with Crippen LogP contribution in [0.2, 0.25) is 5.02 Å². The van der Waals surface area contributed by atoms with Crippen LogP contribution in [0.3, 0.4) is 0 Å². The molecular weight excluding hydrogens is 202 g/mol. The number of hydrogen-bond donors (Lipinski definition) is 1. The number of anilines is 1. The van der Waals surface area contributed by atoms with E-state index >= 15 is 0 Å². The number of hydrogen-bond acceptors (Lipinski definition) is 2. The van der Waals surface area contributed by atoms with Crippen LogP contribution in [0.4, 0.5) is 5.69 Å². The Morgan fingerprint density at radius 2 is 2.31 bits per heavy atom. The number of halogens is 1. The van der Waals surface area contributed by atoms with Crippen molar-refractivity contribution < 1.29 is 0 Å². The Hall–Kier alpha value is -0.600. The smallest absolute Gasteiger partial charge is 0.0453 e. The van der Waals surface area contributed by atoms with Crippen molar-refractivity contribution in [3.63, 3.8) is 0 Å². The number of nitrogen functional groups attached to an aromatic ring is 1. The number of nitrogens with two attached hydrogens (primary N) is 1. The molecule has 0 saturated heterocycles. The minimum atomic E-state index is 0.721. The van der Waals surface area contributed by atoms with Gasteiger partial charge in [0.2, 0.25) is 0 Å². The van der Waals surface area contributed by atoms with E-state index in [-0.39, 0.29) is 0 Å². The molecule has 0 saturated carbocycles. The molecule has 0 amide bonds. The van der Waals surface area contributed by atoms with Gasteiger partial charge in [-0.05, 0) is 25.1 Å². The van der Waals surface area contributed by atoms with Crippen LogP contribution >= 0.6 is 23.4 Å². The van der Waals surface area contributed by atoms with Gasteiger partial charge in [0.25, 0.3) is 0 Å². The number of rotatable bonds is 3. The Morgan fingerprint density at radius 3 is 2.92 bits per heavy atom. The van der Waals surface area contributed by atoms with Crippen LogP contribution in [0, 0.1) is 0 Å². The molecule has 2 N–H and O–H groups in total. The lowest BCUT2D eigenvalue weighted by atomic mass is 10.3. The van der Waals surface area contributed by atoms with Crippen LogP contribution < -0.4 is 5.73 Å². The van der Waals surface area contributed by atoms with Crippen LogP contribution in [0.5, 0.6) is 0 Å². The topological polar surface area (TPSA) is 26.0 Å². The summed E-state index contributed by atoms with van der Waals surface area (Å²) < 4.78 is 0. The fraction of sp³-hybridized carbons (Fsp3) is 0.200. The molecule has 0 aromatic heterocycles. The van der Waals surface area contributed by atoms with E-state index in [0.717, 1.165) is 26.9 Å². The van der Waals surface area contributed by atoms with Crippen LogP contribution in [0.25, 0.3) is 0 Å². The van der Waals surface area contributed by atoms with E-state index < -0.39 is 0 Å². The summed E-state index contributed by atoms with van der Waals surface area (Å²) in [5, 5.41) is 0.721. The zero-order valence-corrected chi connectivity index (χ0v) is 9.08. The second-order valence-electron chi connectivity index (χ2n) is 2.93. The van der Waals surface area contributed by atoms with Gasteiger partial charge in [-0.25, -0.2) is 0 Å². The summed E-state index contributed by atoms with van der Waals surface area (Å²) in [7, 11) is 0. The van der Waals surface area contributed by atoms with Crippen molar-refractivity contribution in [3.05, 3.63) is 35.4 Å². The van der Waals surface area contributed by atoms with Gasteiger partial charge < -0.3 is 5.73 Å². The van der Waals surface area contributed by atoms with E-state index in [0.29, 0.717) is 0 Å². The first-order valence-corrected chi connectivity index (χ1v) is 5.28. The van der Waals surface area contributed by atoms with Gasteiger partial charge in [0, 0.05) is 21.4 Å². The van der Waals surface area contributed by atoms with E-state index in [9.17, 15) is 0 Å². The second kappa shape index (κ2) is 4.58. The maximum absolute atomic E-state index is 5.84. The molecule has 0 fully saturated rings. The van der Waals surface area contributed by atoms with E-state index in [1.165, 1.54) is 0 Å². The molecule has 0 unspecified atom stereocenters. The molecule has 13 heavy (non-hydrogen) atoms. The molecule has 0 radical (unpaired) electrons. The molecular formula is C10H12ClNS. The largest absolute Gasteiger partial charge is 0.398 e. The van der Waals surface area contributed by atoms with Crippen LogP contribution in [0.1, 0.15) is 6.92 Å². The average molecular weight is 214 g/mol. The monoisotopic (exact) mass is 213 g/mol. The van der Waals surface area contributed by atoms with Gasteiger partial charge in [0.05, 0.1) is 0 Å². The summed E-state index contributed by atoms with van der Waals surface area (Å²) in [5.41, 5.74) is 7.67. The summed E-state index contributed by atoms with van der Waals surface area (Å²) in [4.78, 5) is 1.02. The summed E-state index contributed by atoms with van der Waals surface area (Å²) in [5.74, 6) is 0.880. The quantitative estimate of drug-likeness (QED) is 0.472. The third-order valence-electron chi connectivity index (χ3n) is 1.45. The lowest BCUT2D eigenvalue weighted by Crippen LogP contribution is -1.89. The summed E-state index contributed by atoms with van der Waals surface area (Å²) in [6, 6.07) is 5.50. The Balaban J connectivity index is 2.75. The van der Waals surface area contributed by atoms with Gasteiger partial charge in [0.1, 0.15) is 0 Å². The Labute approximate surface area is 88.0 Å². The van der Waals surface area contributed by atoms with Crippen molar-refractivity contribution >= 4 is 29.1 Å². The van der Waals surface area contributed by atoms with Gasteiger partial charge in [-0.2, -0.15) is 0 Å². The first kappa shape index (κ1) is 10.5. The summed E-state index contributed by atoms with van der Waals surface area (Å²) in [6.07, 6.45) is 0. The average Bonchev–Trinajstić information content (AvgIpc) is 2.06. The molecule has 0 aliphatic heterocycles. The van der Waals surface area contributed by atoms with Gasteiger partial charge in [-0.1, -0.05) is 23.8 Å². The predicted molar refractivity (Wildman–Crippen MR) is 61.4 cm³/mol. The molecule has 1 rings (SSSR count). The minimum absolute atomic E-state index is 0.721. The third kappa shape index (κ3) is 3.33. The standard InChI is InChI=1S/C10H12ClNS/c1-7(2)6-13-10-5-8(11)3-4-9(10)12/h3-5H,1,6,12H2,2H3.